The van der Waals surface area contributed by atoms with E-state index in [0.717, 1.165) is 12.8 Å². The van der Waals surface area contributed by atoms with Crippen LogP contribution in [0.2, 0.25) is 0 Å². The van der Waals surface area contributed by atoms with Crippen LogP contribution in [-0.2, 0) is 9.09 Å². The zero-order valence-corrected chi connectivity index (χ0v) is 12.2. The molecule has 18 heavy (non-hydrogen) atoms. The Labute approximate surface area is 110 Å². The zero-order valence-electron chi connectivity index (χ0n) is 11.2. The Balaban J connectivity index is 2.27. The monoisotopic (exact) mass is 270 g/mol. The van der Waals surface area contributed by atoms with Crippen LogP contribution in [0.5, 0.6) is 5.75 Å². The normalized spacial score (nSPS) is 14.1. The van der Waals surface area contributed by atoms with E-state index in [1.165, 1.54) is 12.8 Å². The first-order valence-electron chi connectivity index (χ1n) is 6.65. The Morgan fingerprint density at radius 2 is 1.94 bits per heavy atom. The average Bonchev–Trinajstić information content (AvgIpc) is 2.40. The molecule has 0 saturated heterocycles. The van der Waals surface area contributed by atoms with Gasteiger partial charge >= 0.3 is 8.25 Å². The Hall–Kier alpha value is -0.790. The molecule has 0 aliphatic rings. The Morgan fingerprint density at radius 1 is 1.22 bits per heavy atom. The molecule has 0 N–H and O–H groups in total. The number of rotatable bonds is 9. The maximum absolute atomic E-state index is 11.6. The van der Waals surface area contributed by atoms with Gasteiger partial charge in [-0.05, 0) is 24.5 Å². The van der Waals surface area contributed by atoms with Crippen molar-refractivity contribution in [2.75, 3.05) is 6.61 Å². The van der Waals surface area contributed by atoms with Gasteiger partial charge in [-0.3, -0.25) is 0 Å². The van der Waals surface area contributed by atoms with E-state index in [9.17, 15) is 4.57 Å². The van der Waals surface area contributed by atoms with Crippen molar-refractivity contribution in [3.8, 4) is 5.75 Å². The highest BCUT2D eigenvalue weighted by atomic mass is 31.1. The number of unbranched alkanes of at least 4 members (excludes halogenated alkanes) is 1. The standard InChI is InChI=1S/C14H23O3P/c1-3-5-9-13(4-2)12-16-18(15)17-14-10-7-6-8-11-14/h6-8,10-11,13,18H,3-5,9,12H2,1-2H3. The van der Waals surface area contributed by atoms with E-state index < -0.39 is 8.25 Å². The third-order valence-electron chi connectivity index (χ3n) is 2.92. The van der Waals surface area contributed by atoms with Crippen LogP contribution in [0, 0.1) is 5.92 Å². The van der Waals surface area contributed by atoms with Gasteiger partial charge in [0.1, 0.15) is 5.75 Å². The second-order valence-corrected chi connectivity index (χ2v) is 5.39. The summed E-state index contributed by atoms with van der Waals surface area (Å²) < 4.78 is 22.2. The Kier molecular flexibility index (Phi) is 7.79. The number of hydrogen-bond acceptors (Lipinski definition) is 3. The van der Waals surface area contributed by atoms with Gasteiger partial charge in [-0.15, -0.1) is 0 Å². The van der Waals surface area contributed by atoms with E-state index in [2.05, 4.69) is 13.8 Å². The third-order valence-corrected chi connectivity index (χ3v) is 3.73. The molecule has 2 unspecified atom stereocenters. The molecule has 3 nitrogen and oxygen atoms in total. The first-order valence-corrected chi connectivity index (χ1v) is 7.88. The van der Waals surface area contributed by atoms with Crippen LogP contribution in [-0.4, -0.2) is 6.61 Å². The molecule has 0 spiro atoms. The minimum Gasteiger partial charge on any atom is -0.426 e. The summed E-state index contributed by atoms with van der Waals surface area (Å²) in [4.78, 5) is 0. The van der Waals surface area contributed by atoms with Crippen molar-refractivity contribution in [1.29, 1.82) is 0 Å². The molecule has 0 amide bonds. The van der Waals surface area contributed by atoms with Gasteiger partial charge in [-0.2, -0.15) is 0 Å². The molecule has 2 atom stereocenters. The predicted molar refractivity (Wildman–Crippen MR) is 75.3 cm³/mol. The van der Waals surface area contributed by atoms with Crippen LogP contribution >= 0.6 is 8.25 Å². The van der Waals surface area contributed by atoms with E-state index in [4.69, 9.17) is 9.05 Å². The van der Waals surface area contributed by atoms with Crippen LogP contribution in [0.4, 0.5) is 0 Å². The quantitative estimate of drug-likeness (QED) is 0.611. The molecular formula is C14H23O3P. The van der Waals surface area contributed by atoms with E-state index in [0.29, 0.717) is 18.3 Å². The minimum atomic E-state index is -2.42. The summed E-state index contributed by atoms with van der Waals surface area (Å²) in [7, 11) is -2.42. The fourth-order valence-electron chi connectivity index (χ4n) is 1.70. The Bertz CT molecular complexity index is 340. The lowest BCUT2D eigenvalue weighted by molar-refractivity contribution is 0.221. The summed E-state index contributed by atoms with van der Waals surface area (Å²) in [5, 5.41) is 0. The van der Waals surface area contributed by atoms with Crippen molar-refractivity contribution in [1.82, 2.24) is 0 Å². The summed E-state index contributed by atoms with van der Waals surface area (Å²) in [6.45, 7) is 4.84. The van der Waals surface area contributed by atoms with Crippen LogP contribution in [0.15, 0.2) is 30.3 Å². The van der Waals surface area contributed by atoms with Crippen molar-refractivity contribution in [2.24, 2.45) is 5.92 Å². The highest BCUT2D eigenvalue weighted by Crippen LogP contribution is 2.29. The molecule has 0 aliphatic heterocycles. The molecule has 0 aliphatic carbocycles. The maximum Gasteiger partial charge on any atom is 0.367 e. The molecule has 4 heteroatoms. The topological polar surface area (TPSA) is 35.5 Å². The minimum absolute atomic E-state index is 0.485. The van der Waals surface area contributed by atoms with E-state index >= 15 is 0 Å². The molecule has 0 fully saturated rings. The van der Waals surface area contributed by atoms with Gasteiger partial charge in [0.05, 0.1) is 6.61 Å². The molecule has 0 heterocycles. The Morgan fingerprint density at radius 3 is 2.56 bits per heavy atom. The molecule has 102 valence electrons. The van der Waals surface area contributed by atoms with Crippen molar-refractivity contribution < 1.29 is 13.6 Å². The highest BCUT2D eigenvalue weighted by molar-refractivity contribution is 7.33. The molecule has 1 rings (SSSR count). The first kappa shape index (κ1) is 15.3. The average molecular weight is 270 g/mol. The second-order valence-electron chi connectivity index (χ2n) is 4.39. The van der Waals surface area contributed by atoms with Crippen LogP contribution in [0.3, 0.4) is 0 Å². The van der Waals surface area contributed by atoms with Crippen molar-refractivity contribution >= 4 is 8.25 Å². The molecule has 0 bridgehead atoms. The van der Waals surface area contributed by atoms with Gasteiger partial charge in [-0.25, -0.2) is 4.57 Å². The predicted octanol–water partition coefficient (Wildman–Crippen LogP) is 4.69. The number of benzene rings is 1. The lowest BCUT2D eigenvalue weighted by Crippen LogP contribution is -2.06. The molecule has 1 aromatic carbocycles. The van der Waals surface area contributed by atoms with Gasteiger partial charge in [0.2, 0.25) is 0 Å². The largest absolute Gasteiger partial charge is 0.426 e. The van der Waals surface area contributed by atoms with Crippen molar-refractivity contribution in [3.63, 3.8) is 0 Å². The molecule has 0 saturated carbocycles. The molecule has 0 radical (unpaired) electrons. The highest BCUT2D eigenvalue weighted by Gasteiger charge is 2.09. The summed E-state index contributed by atoms with van der Waals surface area (Å²) >= 11 is 0. The second kappa shape index (κ2) is 9.18. The van der Waals surface area contributed by atoms with Gasteiger partial charge in [0.25, 0.3) is 0 Å². The van der Waals surface area contributed by atoms with Crippen LogP contribution < -0.4 is 4.52 Å². The van der Waals surface area contributed by atoms with Crippen molar-refractivity contribution in [3.05, 3.63) is 30.3 Å². The molecule has 0 aromatic heterocycles. The summed E-state index contributed by atoms with van der Waals surface area (Å²) in [6.07, 6.45) is 4.57. The molecular weight excluding hydrogens is 247 g/mol. The van der Waals surface area contributed by atoms with Gasteiger partial charge in [0.15, 0.2) is 0 Å². The lowest BCUT2D eigenvalue weighted by atomic mass is 10.0. The smallest absolute Gasteiger partial charge is 0.367 e. The number of para-hydroxylation sites is 1. The summed E-state index contributed by atoms with van der Waals surface area (Å²) in [5.41, 5.74) is 0. The first-order chi connectivity index (χ1) is 8.76. The third kappa shape index (κ3) is 6.23. The van der Waals surface area contributed by atoms with Crippen LogP contribution in [0.1, 0.15) is 39.5 Å². The number of hydrogen-bond donors (Lipinski definition) is 0. The van der Waals surface area contributed by atoms with Gasteiger partial charge in [0, 0.05) is 0 Å². The van der Waals surface area contributed by atoms with Gasteiger partial charge < -0.3 is 9.05 Å². The summed E-state index contributed by atoms with van der Waals surface area (Å²) in [5.74, 6) is 1.08. The van der Waals surface area contributed by atoms with Gasteiger partial charge in [-0.1, -0.05) is 51.3 Å². The maximum atomic E-state index is 11.6. The van der Waals surface area contributed by atoms with E-state index in [-0.39, 0.29) is 0 Å². The summed E-state index contributed by atoms with van der Waals surface area (Å²) in [6, 6.07) is 9.14. The SMILES string of the molecule is CCCCC(CC)CO[PH](=O)Oc1ccccc1. The lowest BCUT2D eigenvalue weighted by Gasteiger charge is -2.14. The zero-order chi connectivity index (χ0) is 13.2. The van der Waals surface area contributed by atoms with Crippen LogP contribution in [0.25, 0.3) is 0 Å². The fourth-order valence-corrected chi connectivity index (χ4v) is 2.46. The van der Waals surface area contributed by atoms with Crippen molar-refractivity contribution in [2.45, 2.75) is 39.5 Å². The molecule has 1 aromatic rings. The van der Waals surface area contributed by atoms with E-state index in [1.54, 1.807) is 12.1 Å². The fraction of sp³-hybridized carbons (Fsp3) is 0.571. The van der Waals surface area contributed by atoms with E-state index in [1.807, 2.05) is 18.2 Å².